The number of aryl methyl sites for hydroxylation is 1. The highest BCUT2D eigenvalue weighted by Crippen LogP contribution is 2.16. The van der Waals surface area contributed by atoms with E-state index in [1.807, 2.05) is 24.8 Å². The molecule has 2 aromatic rings. The van der Waals surface area contributed by atoms with E-state index in [-0.39, 0.29) is 17.7 Å². The number of amides is 1. The first-order valence-corrected chi connectivity index (χ1v) is 7.73. The molecule has 22 heavy (non-hydrogen) atoms. The Morgan fingerprint density at radius 3 is 3.05 bits per heavy atom. The van der Waals surface area contributed by atoms with E-state index in [0.29, 0.717) is 37.3 Å². The maximum Gasteiger partial charge on any atom is 0.326 e. The minimum Gasteiger partial charge on any atom is -0.377 e. The van der Waals surface area contributed by atoms with Gasteiger partial charge in [0.05, 0.1) is 17.1 Å². The first-order valence-electron chi connectivity index (χ1n) is 7.73. The van der Waals surface area contributed by atoms with Crippen LogP contribution in [0, 0.1) is 0 Å². The second-order valence-corrected chi connectivity index (χ2v) is 5.69. The minimum absolute atomic E-state index is 0.00986. The van der Waals surface area contributed by atoms with Crippen LogP contribution in [-0.2, 0) is 11.3 Å². The Hall–Kier alpha value is -2.08. The number of ether oxygens (including phenoxy) is 1. The number of fused-ring (bicyclic) bond motifs is 1. The Labute approximate surface area is 128 Å². The van der Waals surface area contributed by atoms with Gasteiger partial charge in [-0.05, 0) is 38.5 Å². The van der Waals surface area contributed by atoms with Gasteiger partial charge in [-0.2, -0.15) is 0 Å². The molecule has 0 spiro atoms. The maximum absolute atomic E-state index is 12.7. The van der Waals surface area contributed by atoms with Crippen molar-refractivity contribution in [1.29, 1.82) is 0 Å². The Balaban J connectivity index is 1.92. The molecule has 1 atom stereocenters. The summed E-state index contributed by atoms with van der Waals surface area (Å²) in [5.74, 6) is -0.00986. The Morgan fingerprint density at radius 2 is 2.27 bits per heavy atom. The largest absolute Gasteiger partial charge is 0.377 e. The number of carbonyl (C=O) groups excluding carboxylic acids is 1. The van der Waals surface area contributed by atoms with E-state index in [1.165, 1.54) is 0 Å². The average Bonchev–Trinajstić information content (AvgIpc) is 2.66. The maximum atomic E-state index is 12.7. The van der Waals surface area contributed by atoms with Crippen molar-refractivity contribution >= 4 is 16.9 Å². The Morgan fingerprint density at radius 1 is 1.45 bits per heavy atom. The minimum atomic E-state index is -0.140. The van der Waals surface area contributed by atoms with Gasteiger partial charge in [-0.1, -0.05) is 0 Å². The van der Waals surface area contributed by atoms with Gasteiger partial charge in [-0.25, -0.2) is 4.79 Å². The van der Waals surface area contributed by atoms with Crippen LogP contribution in [0.3, 0.4) is 0 Å². The van der Waals surface area contributed by atoms with E-state index in [2.05, 4.69) is 4.98 Å². The number of nitrogens with zero attached hydrogens (tertiary/aromatic N) is 2. The topological polar surface area (TPSA) is 67.3 Å². The number of rotatable bonds is 2. The number of carbonyl (C=O) groups is 1. The first kappa shape index (κ1) is 14.8. The van der Waals surface area contributed by atoms with Gasteiger partial charge in [0.2, 0.25) is 0 Å². The van der Waals surface area contributed by atoms with Gasteiger partial charge in [0.15, 0.2) is 0 Å². The van der Waals surface area contributed by atoms with Crippen LogP contribution in [0.1, 0.15) is 30.6 Å². The van der Waals surface area contributed by atoms with Crippen LogP contribution in [0.15, 0.2) is 23.0 Å². The van der Waals surface area contributed by atoms with Gasteiger partial charge < -0.3 is 14.6 Å². The van der Waals surface area contributed by atoms with Gasteiger partial charge in [0, 0.05) is 31.8 Å². The van der Waals surface area contributed by atoms with E-state index < -0.39 is 0 Å². The molecule has 0 bridgehead atoms. The molecule has 1 aliphatic rings. The summed E-state index contributed by atoms with van der Waals surface area (Å²) in [7, 11) is 0. The molecule has 2 heterocycles. The van der Waals surface area contributed by atoms with Crippen molar-refractivity contribution in [3.8, 4) is 0 Å². The zero-order chi connectivity index (χ0) is 15.7. The molecule has 1 fully saturated rings. The number of hydrogen-bond donors (Lipinski definition) is 1. The molecule has 0 saturated carbocycles. The van der Waals surface area contributed by atoms with Crippen LogP contribution >= 0.6 is 0 Å². The van der Waals surface area contributed by atoms with Crippen LogP contribution < -0.4 is 5.69 Å². The number of nitrogens with one attached hydrogen (secondary N) is 1. The fourth-order valence-electron chi connectivity index (χ4n) is 2.97. The summed E-state index contributed by atoms with van der Waals surface area (Å²) in [4.78, 5) is 29.1. The average molecular weight is 303 g/mol. The van der Waals surface area contributed by atoms with Crippen molar-refractivity contribution in [3.63, 3.8) is 0 Å². The molecule has 0 aliphatic carbocycles. The summed E-state index contributed by atoms with van der Waals surface area (Å²) >= 11 is 0. The molecule has 1 aromatic heterocycles. The molecule has 1 aliphatic heterocycles. The summed E-state index contributed by atoms with van der Waals surface area (Å²) in [5, 5.41) is 0. The van der Waals surface area contributed by atoms with Crippen LogP contribution in [0.5, 0.6) is 0 Å². The highest BCUT2D eigenvalue weighted by Gasteiger charge is 2.21. The fraction of sp³-hybridized carbons (Fsp3) is 0.500. The third-order valence-corrected chi connectivity index (χ3v) is 4.08. The lowest BCUT2D eigenvalue weighted by molar-refractivity contribution is 0.0563. The Bertz CT molecular complexity index is 747. The van der Waals surface area contributed by atoms with Crippen molar-refractivity contribution in [2.24, 2.45) is 0 Å². The quantitative estimate of drug-likeness (QED) is 0.916. The van der Waals surface area contributed by atoms with E-state index >= 15 is 0 Å². The van der Waals surface area contributed by atoms with E-state index in [9.17, 15) is 9.59 Å². The monoisotopic (exact) mass is 303 g/mol. The summed E-state index contributed by atoms with van der Waals surface area (Å²) in [6, 6.07) is 5.39. The summed E-state index contributed by atoms with van der Waals surface area (Å²) in [6.45, 7) is 6.50. The fourth-order valence-corrected chi connectivity index (χ4v) is 2.97. The molecule has 6 nitrogen and oxygen atoms in total. The van der Waals surface area contributed by atoms with Crippen LogP contribution in [0.2, 0.25) is 0 Å². The predicted octanol–water partition coefficient (Wildman–Crippen LogP) is 1.60. The normalized spacial score (nSPS) is 19.4. The van der Waals surface area contributed by atoms with Crippen molar-refractivity contribution in [2.45, 2.75) is 32.9 Å². The highest BCUT2D eigenvalue weighted by molar-refractivity contribution is 5.97. The lowest BCUT2D eigenvalue weighted by Crippen LogP contribution is -2.35. The van der Waals surface area contributed by atoms with Gasteiger partial charge in [-0.3, -0.25) is 9.36 Å². The molecule has 6 heteroatoms. The number of benzene rings is 1. The SMILES string of the molecule is CCn1c(=O)[nH]c2cc(C(=O)N3CCCOC(C)C3)ccc21. The van der Waals surface area contributed by atoms with Gasteiger partial charge in [0.1, 0.15) is 0 Å². The smallest absolute Gasteiger partial charge is 0.326 e. The number of H-pyrrole nitrogens is 1. The van der Waals surface area contributed by atoms with Gasteiger partial charge >= 0.3 is 5.69 Å². The zero-order valence-corrected chi connectivity index (χ0v) is 13.0. The summed E-state index contributed by atoms with van der Waals surface area (Å²) < 4.78 is 7.24. The first-order chi connectivity index (χ1) is 10.6. The van der Waals surface area contributed by atoms with Crippen LogP contribution in [0.25, 0.3) is 11.0 Å². The molecule has 1 unspecified atom stereocenters. The van der Waals surface area contributed by atoms with Crippen molar-refractivity contribution in [1.82, 2.24) is 14.5 Å². The number of aromatic nitrogens is 2. The molecule has 1 aromatic carbocycles. The van der Waals surface area contributed by atoms with Crippen LogP contribution in [-0.4, -0.2) is 46.2 Å². The molecule has 1 amide bonds. The third-order valence-electron chi connectivity index (χ3n) is 4.08. The summed E-state index contributed by atoms with van der Waals surface area (Å²) in [5.41, 5.74) is 2.00. The molecule has 118 valence electrons. The van der Waals surface area contributed by atoms with Gasteiger partial charge in [0.25, 0.3) is 5.91 Å². The number of imidazole rings is 1. The van der Waals surface area contributed by atoms with E-state index in [4.69, 9.17) is 4.74 Å². The van der Waals surface area contributed by atoms with Crippen molar-refractivity contribution < 1.29 is 9.53 Å². The zero-order valence-electron chi connectivity index (χ0n) is 13.0. The molecule has 1 N–H and O–H groups in total. The number of hydrogen-bond acceptors (Lipinski definition) is 3. The van der Waals surface area contributed by atoms with Gasteiger partial charge in [-0.15, -0.1) is 0 Å². The van der Waals surface area contributed by atoms with Crippen molar-refractivity contribution in [3.05, 3.63) is 34.2 Å². The lowest BCUT2D eigenvalue weighted by Gasteiger charge is -2.22. The van der Waals surface area contributed by atoms with Crippen molar-refractivity contribution in [2.75, 3.05) is 19.7 Å². The highest BCUT2D eigenvalue weighted by atomic mass is 16.5. The second-order valence-electron chi connectivity index (χ2n) is 5.69. The predicted molar refractivity (Wildman–Crippen MR) is 84.2 cm³/mol. The van der Waals surface area contributed by atoms with Crippen LogP contribution in [0.4, 0.5) is 0 Å². The number of aromatic amines is 1. The summed E-state index contributed by atoms with van der Waals surface area (Å²) in [6.07, 6.45) is 0.901. The molecule has 1 saturated heterocycles. The lowest BCUT2D eigenvalue weighted by atomic mass is 10.1. The third kappa shape index (κ3) is 2.66. The molecular formula is C16H21N3O3. The van der Waals surface area contributed by atoms with E-state index in [0.717, 1.165) is 11.9 Å². The second kappa shape index (κ2) is 5.96. The molecule has 0 radical (unpaired) electrons. The Kier molecular flexibility index (Phi) is 4.02. The molecule has 3 rings (SSSR count). The standard InChI is InChI=1S/C16H21N3O3/c1-3-19-14-6-5-12(9-13(14)17-16(19)21)15(20)18-7-4-8-22-11(2)10-18/h5-6,9,11H,3-4,7-8,10H2,1-2H3,(H,17,21). The van der Waals surface area contributed by atoms with E-state index in [1.54, 1.807) is 16.7 Å². The molecular weight excluding hydrogens is 282 g/mol.